The molecule has 2 N–H and O–H groups in total. The monoisotopic (exact) mass is 461 g/mol. The molecule has 0 amide bonds. The number of carbonyl (C=O) groups is 1. The maximum atomic E-state index is 14.6. The Bertz CT molecular complexity index is 1380. The molecule has 0 aliphatic carbocycles. The summed E-state index contributed by atoms with van der Waals surface area (Å²) < 4.78 is 26.6. The molecule has 7 nitrogen and oxygen atoms in total. The van der Waals surface area contributed by atoms with Gasteiger partial charge in [-0.25, -0.2) is 13.9 Å². The van der Waals surface area contributed by atoms with Crippen molar-refractivity contribution in [3.8, 4) is 28.3 Å². The van der Waals surface area contributed by atoms with Gasteiger partial charge in [-0.1, -0.05) is 24.3 Å². The minimum Gasteiger partial charge on any atom is -0.497 e. The van der Waals surface area contributed by atoms with E-state index in [1.54, 1.807) is 28.9 Å². The van der Waals surface area contributed by atoms with E-state index >= 15 is 0 Å². The molecular weight excluding hydrogens is 437 g/mol. The van der Waals surface area contributed by atoms with E-state index in [0.29, 0.717) is 34.1 Å². The summed E-state index contributed by atoms with van der Waals surface area (Å²) in [6.45, 7) is 3.78. The van der Waals surface area contributed by atoms with Crippen LogP contribution < -0.4 is 14.8 Å². The Labute approximate surface area is 196 Å². The summed E-state index contributed by atoms with van der Waals surface area (Å²) in [7, 11) is 2.88. The van der Waals surface area contributed by atoms with E-state index in [-0.39, 0.29) is 11.3 Å². The van der Waals surface area contributed by atoms with E-state index in [4.69, 9.17) is 14.6 Å². The molecule has 4 rings (SSSR count). The Morgan fingerprint density at radius 3 is 2.44 bits per heavy atom. The highest BCUT2D eigenvalue weighted by atomic mass is 19.1. The van der Waals surface area contributed by atoms with Crippen molar-refractivity contribution >= 4 is 17.5 Å². The van der Waals surface area contributed by atoms with Crippen LogP contribution in [0.2, 0.25) is 0 Å². The summed E-state index contributed by atoms with van der Waals surface area (Å²) in [5, 5.41) is 17.8. The number of nitrogens with one attached hydrogen (secondary N) is 1. The highest BCUT2D eigenvalue weighted by molar-refractivity contribution is 5.96. The normalized spacial score (nSPS) is 10.7. The van der Waals surface area contributed by atoms with Crippen molar-refractivity contribution < 1.29 is 23.8 Å². The molecule has 1 heterocycles. The molecule has 0 radical (unpaired) electrons. The first-order valence-corrected chi connectivity index (χ1v) is 10.5. The Kier molecular flexibility index (Phi) is 6.23. The third-order valence-corrected chi connectivity index (χ3v) is 5.55. The lowest BCUT2D eigenvalue weighted by atomic mass is 10.0. The highest BCUT2D eigenvalue weighted by Crippen LogP contribution is 2.38. The van der Waals surface area contributed by atoms with E-state index in [0.717, 1.165) is 11.3 Å². The van der Waals surface area contributed by atoms with Crippen LogP contribution in [-0.2, 0) is 0 Å². The molecule has 0 saturated carbocycles. The van der Waals surface area contributed by atoms with Gasteiger partial charge in [-0.3, -0.25) is 0 Å². The molecule has 0 atom stereocenters. The van der Waals surface area contributed by atoms with Gasteiger partial charge in [0.2, 0.25) is 0 Å². The summed E-state index contributed by atoms with van der Waals surface area (Å²) in [6, 6.07) is 17.1. The van der Waals surface area contributed by atoms with Crippen molar-refractivity contribution in [3.63, 3.8) is 0 Å². The van der Waals surface area contributed by atoms with Gasteiger partial charge in [-0.2, -0.15) is 5.10 Å². The number of aromatic carboxylic acids is 1. The molecule has 0 bridgehead atoms. The maximum Gasteiger partial charge on any atom is 0.337 e. The maximum absolute atomic E-state index is 14.6. The van der Waals surface area contributed by atoms with Crippen molar-refractivity contribution in [1.29, 1.82) is 0 Å². The second-order valence-electron chi connectivity index (χ2n) is 7.70. The number of rotatable bonds is 7. The van der Waals surface area contributed by atoms with Crippen LogP contribution in [-0.4, -0.2) is 35.1 Å². The van der Waals surface area contributed by atoms with E-state index in [1.165, 1.54) is 26.4 Å². The zero-order chi connectivity index (χ0) is 24.4. The van der Waals surface area contributed by atoms with E-state index < -0.39 is 11.8 Å². The Hall–Kier alpha value is -4.33. The molecule has 3 aromatic carbocycles. The zero-order valence-electron chi connectivity index (χ0n) is 19.2. The number of carboxylic acid groups (broad SMARTS) is 1. The first kappa shape index (κ1) is 22.8. The van der Waals surface area contributed by atoms with Gasteiger partial charge < -0.3 is 19.9 Å². The van der Waals surface area contributed by atoms with Crippen LogP contribution in [0.15, 0.2) is 60.7 Å². The number of aryl methyl sites for hydroxylation is 2. The minimum absolute atomic E-state index is 0.0291. The number of hydrogen-bond donors (Lipinski definition) is 2. The number of ether oxygens (including phenoxy) is 2. The van der Waals surface area contributed by atoms with Gasteiger partial charge in [-0.05, 0) is 61.4 Å². The number of para-hydroxylation sites is 1. The Morgan fingerprint density at radius 2 is 1.79 bits per heavy atom. The van der Waals surface area contributed by atoms with Gasteiger partial charge >= 0.3 is 5.97 Å². The average molecular weight is 461 g/mol. The molecule has 1 aromatic heterocycles. The predicted molar refractivity (Wildman–Crippen MR) is 128 cm³/mol. The fourth-order valence-corrected chi connectivity index (χ4v) is 3.85. The largest absolute Gasteiger partial charge is 0.497 e. The number of halogens is 1. The third kappa shape index (κ3) is 4.17. The molecule has 0 unspecified atom stereocenters. The molecule has 174 valence electrons. The molecular formula is C26H24FN3O4. The van der Waals surface area contributed by atoms with Gasteiger partial charge in [0.1, 0.15) is 11.6 Å². The molecule has 0 saturated heterocycles. The molecule has 0 fully saturated rings. The fourth-order valence-electron chi connectivity index (χ4n) is 3.85. The predicted octanol–water partition coefficient (Wildman–Crippen LogP) is 5.75. The molecule has 0 aliphatic heterocycles. The summed E-state index contributed by atoms with van der Waals surface area (Å²) in [6.07, 6.45) is 0. The number of benzene rings is 3. The number of nitrogens with zero attached hydrogens (tertiary/aromatic N) is 2. The highest BCUT2D eigenvalue weighted by Gasteiger charge is 2.22. The SMILES string of the molecule is COc1ccc(Nc2c(-c3ccc(OC)c(F)c3)c(C)nn2-c2ccccc2C)c(C(=O)O)c1. The second-order valence-corrected chi connectivity index (χ2v) is 7.70. The van der Waals surface area contributed by atoms with Crippen LogP contribution in [0.1, 0.15) is 21.6 Å². The van der Waals surface area contributed by atoms with Crippen LogP contribution in [0.3, 0.4) is 0 Å². The van der Waals surface area contributed by atoms with Crippen LogP contribution in [0.5, 0.6) is 11.5 Å². The van der Waals surface area contributed by atoms with Crippen molar-refractivity contribution in [2.24, 2.45) is 0 Å². The topological polar surface area (TPSA) is 85.6 Å². The van der Waals surface area contributed by atoms with Crippen molar-refractivity contribution in [1.82, 2.24) is 9.78 Å². The minimum atomic E-state index is -1.11. The number of carboxylic acids is 1. The lowest BCUT2D eigenvalue weighted by molar-refractivity contribution is 0.0697. The van der Waals surface area contributed by atoms with Gasteiger partial charge in [0.15, 0.2) is 11.6 Å². The standard InChI is InChI=1S/C26H24FN3O4/c1-15-7-5-6-8-22(15)30-25(28-21-11-10-18(33-3)14-19(21)26(31)32)24(16(2)29-30)17-9-12-23(34-4)20(27)13-17/h5-14,28H,1-4H3,(H,31,32). The third-order valence-electron chi connectivity index (χ3n) is 5.55. The molecule has 4 aromatic rings. The second kappa shape index (κ2) is 9.27. The van der Waals surface area contributed by atoms with E-state index in [9.17, 15) is 14.3 Å². The van der Waals surface area contributed by atoms with Gasteiger partial charge in [-0.15, -0.1) is 0 Å². The van der Waals surface area contributed by atoms with Crippen LogP contribution in [0.25, 0.3) is 16.8 Å². The Morgan fingerprint density at radius 1 is 1.03 bits per heavy atom. The molecule has 0 aliphatic rings. The summed E-state index contributed by atoms with van der Waals surface area (Å²) >= 11 is 0. The van der Waals surface area contributed by atoms with Crippen molar-refractivity contribution in [3.05, 3.63) is 83.3 Å². The number of methoxy groups -OCH3 is 2. The van der Waals surface area contributed by atoms with Gasteiger partial charge in [0, 0.05) is 5.56 Å². The van der Waals surface area contributed by atoms with Crippen molar-refractivity contribution in [2.45, 2.75) is 13.8 Å². The lowest BCUT2D eigenvalue weighted by Gasteiger charge is -2.16. The number of anilines is 2. The quantitative estimate of drug-likeness (QED) is 0.364. The fraction of sp³-hybridized carbons (Fsp3) is 0.154. The van der Waals surface area contributed by atoms with Crippen LogP contribution in [0.4, 0.5) is 15.9 Å². The van der Waals surface area contributed by atoms with Crippen molar-refractivity contribution in [2.75, 3.05) is 19.5 Å². The molecule has 34 heavy (non-hydrogen) atoms. The van der Waals surface area contributed by atoms with Crippen LogP contribution in [0, 0.1) is 19.7 Å². The smallest absolute Gasteiger partial charge is 0.337 e. The number of hydrogen-bond acceptors (Lipinski definition) is 5. The van der Waals surface area contributed by atoms with Gasteiger partial charge in [0.25, 0.3) is 0 Å². The summed E-state index contributed by atoms with van der Waals surface area (Å²) in [5.74, 6) is -0.569. The lowest BCUT2D eigenvalue weighted by Crippen LogP contribution is -2.08. The van der Waals surface area contributed by atoms with Gasteiger partial charge in [0.05, 0.1) is 36.9 Å². The number of aromatic nitrogens is 2. The zero-order valence-corrected chi connectivity index (χ0v) is 19.2. The molecule has 8 heteroatoms. The first-order valence-electron chi connectivity index (χ1n) is 10.5. The molecule has 0 spiro atoms. The first-order chi connectivity index (χ1) is 16.3. The van der Waals surface area contributed by atoms with E-state index in [2.05, 4.69) is 5.32 Å². The summed E-state index contributed by atoms with van der Waals surface area (Å²) in [5.41, 5.74) is 3.99. The van der Waals surface area contributed by atoms with E-state index in [1.807, 2.05) is 38.1 Å². The summed E-state index contributed by atoms with van der Waals surface area (Å²) in [4.78, 5) is 12.0. The average Bonchev–Trinajstić information content (AvgIpc) is 3.14. The van der Waals surface area contributed by atoms with Crippen LogP contribution >= 0.6 is 0 Å². The Balaban J connectivity index is 1.96.